The highest BCUT2D eigenvalue weighted by molar-refractivity contribution is 4.56. The molecule has 0 aliphatic rings. The molecule has 0 heterocycles. The van der Waals surface area contributed by atoms with Crippen molar-refractivity contribution in [3.8, 4) is 0 Å². The molecule has 6 N–H and O–H groups in total. The molecule has 0 radical (unpaired) electrons. The van der Waals surface area contributed by atoms with E-state index in [-0.39, 0.29) is 0 Å². The maximum absolute atomic E-state index is 3.83. The second-order valence-corrected chi connectivity index (χ2v) is 2.53. The van der Waals surface area contributed by atoms with Gasteiger partial charge in [-0.3, -0.25) is 0 Å². The zero-order valence-electron chi connectivity index (χ0n) is 5.98. The van der Waals surface area contributed by atoms with Crippen molar-refractivity contribution in [3.63, 3.8) is 0 Å². The maximum Gasteiger partial charge on any atom is 0.0770 e. The highest BCUT2D eigenvalue weighted by Gasteiger charge is 2.10. The molecule has 0 aromatic carbocycles. The molecule has 0 spiro atoms. The summed E-state index contributed by atoms with van der Waals surface area (Å²) in [5.41, 5.74) is 7.65. The molecule has 0 rings (SSSR count). The molecule has 0 aliphatic carbocycles. The van der Waals surface area contributed by atoms with E-state index < -0.39 is 0 Å². The van der Waals surface area contributed by atoms with Crippen molar-refractivity contribution in [3.05, 3.63) is 0 Å². The van der Waals surface area contributed by atoms with Crippen molar-refractivity contribution >= 4 is 0 Å². The molecule has 0 aromatic heterocycles. The molecule has 0 saturated carbocycles. The highest BCUT2D eigenvalue weighted by atomic mass is 14.6. The predicted octanol–water partition coefficient (Wildman–Crippen LogP) is -1.26. The first-order chi connectivity index (χ1) is 3.72. The first-order valence-corrected chi connectivity index (χ1v) is 3.30. The molecule has 0 aliphatic heterocycles. The van der Waals surface area contributed by atoms with E-state index >= 15 is 0 Å². The van der Waals surface area contributed by atoms with Gasteiger partial charge < -0.3 is 11.5 Å². The second-order valence-electron chi connectivity index (χ2n) is 2.53. The fraction of sp³-hybridized carbons (Fsp3) is 1.00. The number of rotatable bonds is 3. The molecule has 2 atom stereocenters. The Morgan fingerprint density at radius 3 is 1.38 bits per heavy atom. The molecule has 50 valence electrons. The lowest BCUT2D eigenvalue weighted by Crippen LogP contribution is -2.59. The van der Waals surface area contributed by atoms with Crippen molar-refractivity contribution in [1.29, 1.82) is 0 Å². The van der Waals surface area contributed by atoms with Crippen LogP contribution in [0.25, 0.3) is 0 Å². The summed E-state index contributed by atoms with van der Waals surface area (Å²) in [7, 11) is 0. The summed E-state index contributed by atoms with van der Waals surface area (Å²) in [5, 5.41) is 0. The van der Waals surface area contributed by atoms with Crippen LogP contribution in [0, 0.1) is 11.8 Å². The maximum atomic E-state index is 3.83. The molecule has 2 heteroatoms. The van der Waals surface area contributed by atoms with Gasteiger partial charge in [0, 0.05) is 11.8 Å². The molecule has 8 heavy (non-hydrogen) atoms. The third-order valence-corrected chi connectivity index (χ3v) is 1.88. The zero-order valence-corrected chi connectivity index (χ0v) is 5.98. The topological polar surface area (TPSA) is 55.3 Å². The fourth-order valence-electron chi connectivity index (χ4n) is 0.569. The van der Waals surface area contributed by atoms with Crippen molar-refractivity contribution in [2.24, 2.45) is 11.8 Å². The molecular formula is C6H18N2+2. The summed E-state index contributed by atoms with van der Waals surface area (Å²) in [5.74, 6) is 1.49. The third-order valence-electron chi connectivity index (χ3n) is 1.88. The van der Waals surface area contributed by atoms with Gasteiger partial charge in [-0.2, -0.15) is 0 Å². The Labute approximate surface area is 51.2 Å². The Morgan fingerprint density at radius 1 is 1.00 bits per heavy atom. The van der Waals surface area contributed by atoms with E-state index in [0.29, 0.717) is 0 Å². The van der Waals surface area contributed by atoms with Gasteiger partial charge in [-0.05, 0) is 0 Å². The van der Waals surface area contributed by atoms with E-state index in [2.05, 4.69) is 25.3 Å². The van der Waals surface area contributed by atoms with Crippen LogP contribution in [-0.4, -0.2) is 13.1 Å². The first-order valence-electron chi connectivity index (χ1n) is 3.30. The van der Waals surface area contributed by atoms with Crippen molar-refractivity contribution in [2.45, 2.75) is 13.8 Å². The lowest BCUT2D eigenvalue weighted by Gasteiger charge is -2.10. The van der Waals surface area contributed by atoms with Crippen LogP contribution in [0.3, 0.4) is 0 Å². The summed E-state index contributed by atoms with van der Waals surface area (Å²) in [6.45, 7) is 6.53. The molecule has 0 amide bonds. The summed E-state index contributed by atoms with van der Waals surface area (Å²) in [6, 6.07) is 0. The van der Waals surface area contributed by atoms with E-state index in [9.17, 15) is 0 Å². The van der Waals surface area contributed by atoms with E-state index in [1.165, 1.54) is 0 Å². The Balaban J connectivity index is 3.29. The quantitative estimate of drug-likeness (QED) is 0.465. The van der Waals surface area contributed by atoms with Crippen LogP contribution in [0.5, 0.6) is 0 Å². The van der Waals surface area contributed by atoms with Crippen molar-refractivity contribution < 1.29 is 11.5 Å². The van der Waals surface area contributed by atoms with E-state index in [1.54, 1.807) is 0 Å². The average molecular weight is 118 g/mol. The molecule has 0 fully saturated rings. The number of hydrogen-bond donors (Lipinski definition) is 2. The minimum atomic E-state index is 0.743. The Bertz CT molecular complexity index is 46.5. The number of hydrogen-bond acceptors (Lipinski definition) is 0. The van der Waals surface area contributed by atoms with Crippen LogP contribution in [0.15, 0.2) is 0 Å². The monoisotopic (exact) mass is 118 g/mol. The minimum Gasteiger partial charge on any atom is -0.357 e. The van der Waals surface area contributed by atoms with Crippen LogP contribution in [0.2, 0.25) is 0 Å². The average Bonchev–Trinajstić information content (AvgIpc) is 1.84. The first kappa shape index (κ1) is 7.92. The second kappa shape index (κ2) is 3.87. The van der Waals surface area contributed by atoms with Gasteiger partial charge in [0.25, 0.3) is 0 Å². The lowest BCUT2D eigenvalue weighted by atomic mass is 9.97. The van der Waals surface area contributed by atoms with E-state index in [4.69, 9.17) is 0 Å². The van der Waals surface area contributed by atoms with Gasteiger partial charge in [0.05, 0.1) is 13.1 Å². The molecule has 0 aromatic rings. The van der Waals surface area contributed by atoms with Gasteiger partial charge in [0.1, 0.15) is 0 Å². The summed E-state index contributed by atoms with van der Waals surface area (Å²) in [4.78, 5) is 0. The normalized spacial score (nSPS) is 18.0. The molecule has 0 saturated heterocycles. The third kappa shape index (κ3) is 2.28. The Morgan fingerprint density at radius 2 is 1.25 bits per heavy atom. The van der Waals surface area contributed by atoms with Gasteiger partial charge >= 0.3 is 0 Å². The van der Waals surface area contributed by atoms with Crippen LogP contribution >= 0.6 is 0 Å². The summed E-state index contributed by atoms with van der Waals surface area (Å²) >= 11 is 0. The largest absolute Gasteiger partial charge is 0.357 e. The van der Waals surface area contributed by atoms with Crippen LogP contribution < -0.4 is 11.5 Å². The summed E-state index contributed by atoms with van der Waals surface area (Å²) < 4.78 is 0. The van der Waals surface area contributed by atoms with Crippen molar-refractivity contribution in [2.75, 3.05) is 13.1 Å². The van der Waals surface area contributed by atoms with Crippen molar-refractivity contribution in [1.82, 2.24) is 0 Å². The lowest BCUT2D eigenvalue weighted by molar-refractivity contribution is -0.403. The van der Waals surface area contributed by atoms with Crippen LogP contribution in [0.1, 0.15) is 13.8 Å². The smallest absolute Gasteiger partial charge is 0.0770 e. The molecule has 2 unspecified atom stereocenters. The van der Waals surface area contributed by atoms with Gasteiger partial charge in [-0.1, -0.05) is 13.8 Å². The zero-order chi connectivity index (χ0) is 6.57. The summed E-state index contributed by atoms with van der Waals surface area (Å²) in [6.07, 6.45) is 0. The van der Waals surface area contributed by atoms with Gasteiger partial charge in [0.2, 0.25) is 0 Å². The van der Waals surface area contributed by atoms with Gasteiger partial charge in [-0.25, -0.2) is 0 Å². The minimum absolute atomic E-state index is 0.743. The fourth-order valence-corrected chi connectivity index (χ4v) is 0.569. The number of quaternary nitrogens is 2. The van der Waals surface area contributed by atoms with Gasteiger partial charge in [0.15, 0.2) is 0 Å². The molecular weight excluding hydrogens is 100 g/mol. The Hall–Kier alpha value is -0.0800. The predicted molar refractivity (Wildman–Crippen MR) is 33.8 cm³/mol. The van der Waals surface area contributed by atoms with Gasteiger partial charge in [-0.15, -0.1) is 0 Å². The van der Waals surface area contributed by atoms with E-state index in [0.717, 1.165) is 24.9 Å². The highest BCUT2D eigenvalue weighted by Crippen LogP contribution is 2.04. The standard InChI is InChI=1S/C6H16N2/c1-5(3-7)6(2)4-8/h5-6H,3-4,7-8H2,1-2H3/p+2. The Kier molecular flexibility index (Phi) is 3.83. The van der Waals surface area contributed by atoms with Crippen LogP contribution in [-0.2, 0) is 0 Å². The molecule has 2 nitrogen and oxygen atoms in total. The molecule has 0 bridgehead atoms. The SMILES string of the molecule is CC(C[NH3+])C(C)C[NH3+]. The van der Waals surface area contributed by atoms with E-state index in [1.807, 2.05) is 0 Å². The van der Waals surface area contributed by atoms with Crippen LogP contribution in [0.4, 0.5) is 0 Å².